The van der Waals surface area contributed by atoms with Gasteiger partial charge in [-0.2, -0.15) is 0 Å². The largest absolute Gasteiger partial charge is 0.351 e. The topological polar surface area (TPSA) is 78.1 Å². The fraction of sp³-hybridized carbons (Fsp3) is 0.286. The highest BCUT2D eigenvalue weighted by Crippen LogP contribution is 2.21. The number of rotatable bonds is 6. The van der Waals surface area contributed by atoms with E-state index >= 15 is 0 Å². The van der Waals surface area contributed by atoms with Crippen LogP contribution >= 0.6 is 11.8 Å². The molecule has 2 N–H and O–H groups in total. The van der Waals surface area contributed by atoms with Crippen molar-refractivity contribution in [3.05, 3.63) is 59.2 Å². The molecule has 0 bridgehead atoms. The highest BCUT2D eigenvalue weighted by molar-refractivity contribution is 7.99. The van der Waals surface area contributed by atoms with Crippen molar-refractivity contribution in [2.75, 3.05) is 18.8 Å². The first-order chi connectivity index (χ1) is 14.5. The lowest BCUT2D eigenvalue weighted by Gasteiger charge is -2.15. The van der Waals surface area contributed by atoms with Gasteiger partial charge in [-0.1, -0.05) is 23.9 Å². The molecule has 2 aromatic carbocycles. The van der Waals surface area contributed by atoms with Crippen LogP contribution in [0.2, 0.25) is 0 Å². The molecule has 4 rings (SSSR count). The molecule has 156 valence electrons. The maximum absolute atomic E-state index is 13.3. The van der Waals surface area contributed by atoms with E-state index in [1.54, 1.807) is 12.1 Å². The Balaban J connectivity index is 1.27. The Kier molecular flexibility index (Phi) is 5.98. The van der Waals surface area contributed by atoms with Crippen LogP contribution < -0.4 is 5.32 Å². The molecular formula is C21H20F2N4O2S. The zero-order valence-electron chi connectivity index (χ0n) is 16.1. The fourth-order valence-electron chi connectivity index (χ4n) is 3.30. The second-order valence-electron chi connectivity index (χ2n) is 7.09. The molecule has 0 saturated carbocycles. The van der Waals surface area contributed by atoms with Crippen LogP contribution in [0, 0.1) is 11.6 Å². The summed E-state index contributed by atoms with van der Waals surface area (Å²) in [7, 11) is 0. The molecule has 1 aromatic heterocycles. The van der Waals surface area contributed by atoms with Crippen LogP contribution in [0.5, 0.6) is 0 Å². The summed E-state index contributed by atoms with van der Waals surface area (Å²) >= 11 is 1.15. The summed E-state index contributed by atoms with van der Waals surface area (Å²) in [5, 5.41) is 3.22. The minimum Gasteiger partial charge on any atom is -0.351 e. The van der Waals surface area contributed by atoms with Gasteiger partial charge in [0.2, 0.25) is 5.91 Å². The molecule has 0 atom stereocenters. The standard InChI is InChI=1S/C21H20F2N4O2S/c22-15-9-17-18(10-16(15)23)26-21(25-17)30-12-19(28)24-11-13-3-5-14(6-4-13)20(29)27-7-1-2-8-27/h3-6,9-10H,1-2,7-8,11-12H2,(H,24,28)(H,25,26). The molecule has 30 heavy (non-hydrogen) atoms. The van der Waals surface area contributed by atoms with E-state index in [-0.39, 0.29) is 17.6 Å². The predicted octanol–water partition coefficient (Wildman–Crippen LogP) is 3.49. The number of imidazole rings is 1. The Morgan fingerprint density at radius 2 is 1.80 bits per heavy atom. The third-order valence-electron chi connectivity index (χ3n) is 4.93. The summed E-state index contributed by atoms with van der Waals surface area (Å²) in [4.78, 5) is 33.3. The molecule has 1 fully saturated rings. The number of halogens is 2. The number of hydrogen-bond donors (Lipinski definition) is 2. The van der Waals surface area contributed by atoms with Gasteiger partial charge < -0.3 is 15.2 Å². The van der Waals surface area contributed by atoms with Crippen LogP contribution in [-0.2, 0) is 11.3 Å². The quantitative estimate of drug-likeness (QED) is 0.587. The van der Waals surface area contributed by atoms with Crippen molar-refractivity contribution in [1.29, 1.82) is 0 Å². The number of nitrogens with one attached hydrogen (secondary N) is 2. The first-order valence-electron chi connectivity index (χ1n) is 9.62. The van der Waals surface area contributed by atoms with Crippen LogP contribution in [0.15, 0.2) is 41.6 Å². The molecule has 2 heterocycles. The molecule has 0 radical (unpaired) electrons. The lowest BCUT2D eigenvalue weighted by Crippen LogP contribution is -2.27. The van der Waals surface area contributed by atoms with Gasteiger partial charge in [0.05, 0.1) is 16.8 Å². The summed E-state index contributed by atoms with van der Waals surface area (Å²) in [5.74, 6) is -1.96. The number of thioether (sulfide) groups is 1. The van der Waals surface area contributed by atoms with Gasteiger partial charge in [-0.3, -0.25) is 9.59 Å². The number of carbonyl (C=O) groups excluding carboxylic acids is 2. The van der Waals surface area contributed by atoms with Crippen molar-refractivity contribution in [3.8, 4) is 0 Å². The van der Waals surface area contributed by atoms with Crippen LogP contribution in [0.3, 0.4) is 0 Å². The number of likely N-dealkylation sites (tertiary alicyclic amines) is 1. The number of aromatic amines is 1. The minimum atomic E-state index is -0.962. The molecule has 0 aliphatic carbocycles. The summed E-state index contributed by atoms with van der Waals surface area (Å²) in [5.41, 5.74) is 2.22. The first kappa shape index (κ1) is 20.3. The number of amides is 2. The fourth-order valence-corrected chi connectivity index (χ4v) is 4.02. The van der Waals surface area contributed by atoms with Gasteiger partial charge in [-0.15, -0.1) is 0 Å². The van der Waals surface area contributed by atoms with Crippen molar-refractivity contribution >= 4 is 34.6 Å². The van der Waals surface area contributed by atoms with Crippen LogP contribution in [0.1, 0.15) is 28.8 Å². The molecule has 6 nitrogen and oxygen atoms in total. The SMILES string of the molecule is O=C(CSc1nc2cc(F)c(F)cc2[nH]1)NCc1ccc(C(=O)N2CCCC2)cc1. The Morgan fingerprint density at radius 3 is 2.53 bits per heavy atom. The average molecular weight is 430 g/mol. The normalized spacial score (nSPS) is 13.7. The number of nitrogens with zero attached hydrogens (tertiary/aromatic N) is 2. The molecule has 1 aliphatic heterocycles. The average Bonchev–Trinajstić information content (AvgIpc) is 3.41. The number of benzene rings is 2. The van der Waals surface area contributed by atoms with E-state index in [9.17, 15) is 18.4 Å². The van der Waals surface area contributed by atoms with E-state index in [1.807, 2.05) is 17.0 Å². The number of aromatic nitrogens is 2. The Labute approximate surface area is 176 Å². The van der Waals surface area contributed by atoms with E-state index < -0.39 is 11.6 Å². The zero-order chi connectivity index (χ0) is 21.1. The highest BCUT2D eigenvalue weighted by atomic mass is 32.2. The summed E-state index contributed by atoms with van der Waals surface area (Å²) in [6.45, 7) is 1.96. The van der Waals surface area contributed by atoms with Crippen molar-refractivity contribution in [3.63, 3.8) is 0 Å². The molecule has 0 spiro atoms. The molecule has 1 saturated heterocycles. The Morgan fingerprint density at radius 1 is 1.10 bits per heavy atom. The maximum Gasteiger partial charge on any atom is 0.253 e. The van der Waals surface area contributed by atoms with Crippen molar-refractivity contribution in [2.45, 2.75) is 24.5 Å². The third kappa shape index (κ3) is 4.62. The third-order valence-corrected chi connectivity index (χ3v) is 5.80. The lowest BCUT2D eigenvalue weighted by atomic mass is 10.1. The smallest absolute Gasteiger partial charge is 0.253 e. The summed E-state index contributed by atoms with van der Waals surface area (Å²) < 4.78 is 26.5. The monoisotopic (exact) mass is 430 g/mol. The van der Waals surface area contributed by atoms with E-state index in [0.29, 0.717) is 28.3 Å². The summed E-state index contributed by atoms with van der Waals surface area (Å²) in [6, 6.07) is 9.29. The van der Waals surface area contributed by atoms with E-state index in [2.05, 4.69) is 15.3 Å². The van der Waals surface area contributed by atoms with Crippen LogP contribution in [-0.4, -0.2) is 45.5 Å². The molecule has 2 amide bonds. The number of carbonyl (C=O) groups is 2. The van der Waals surface area contributed by atoms with E-state index in [1.165, 1.54) is 0 Å². The molecule has 3 aromatic rings. The second-order valence-corrected chi connectivity index (χ2v) is 8.05. The second kappa shape index (κ2) is 8.83. The van der Waals surface area contributed by atoms with Gasteiger partial charge in [0.15, 0.2) is 16.8 Å². The van der Waals surface area contributed by atoms with Crippen molar-refractivity contribution in [2.24, 2.45) is 0 Å². The van der Waals surface area contributed by atoms with Crippen LogP contribution in [0.25, 0.3) is 11.0 Å². The number of fused-ring (bicyclic) bond motifs is 1. The first-order valence-corrected chi connectivity index (χ1v) is 10.6. The minimum absolute atomic E-state index is 0.0464. The van der Waals surface area contributed by atoms with Gasteiger partial charge in [0.25, 0.3) is 5.91 Å². The number of H-pyrrole nitrogens is 1. The van der Waals surface area contributed by atoms with Gasteiger partial charge in [0, 0.05) is 37.3 Å². The Hall–Kier alpha value is -2.94. The predicted molar refractivity (Wildman–Crippen MR) is 110 cm³/mol. The van der Waals surface area contributed by atoms with Gasteiger partial charge >= 0.3 is 0 Å². The lowest BCUT2D eigenvalue weighted by molar-refractivity contribution is -0.118. The van der Waals surface area contributed by atoms with Crippen molar-refractivity contribution < 1.29 is 18.4 Å². The molecule has 9 heteroatoms. The highest BCUT2D eigenvalue weighted by Gasteiger charge is 2.19. The maximum atomic E-state index is 13.3. The van der Waals surface area contributed by atoms with Gasteiger partial charge in [0.1, 0.15) is 0 Å². The van der Waals surface area contributed by atoms with Crippen molar-refractivity contribution in [1.82, 2.24) is 20.2 Å². The molecular weight excluding hydrogens is 410 g/mol. The zero-order valence-corrected chi connectivity index (χ0v) is 16.9. The summed E-state index contributed by atoms with van der Waals surface area (Å²) in [6.07, 6.45) is 2.10. The van der Waals surface area contributed by atoms with Crippen LogP contribution in [0.4, 0.5) is 8.78 Å². The van der Waals surface area contributed by atoms with Gasteiger partial charge in [-0.05, 0) is 30.5 Å². The van der Waals surface area contributed by atoms with E-state index in [0.717, 1.165) is 55.4 Å². The number of hydrogen-bond acceptors (Lipinski definition) is 4. The molecule has 1 aliphatic rings. The Bertz CT molecular complexity index is 1040. The molecule has 0 unspecified atom stereocenters. The van der Waals surface area contributed by atoms with E-state index in [4.69, 9.17) is 0 Å². The van der Waals surface area contributed by atoms with Gasteiger partial charge in [-0.25, -0.2) is 13.8 Å².